The van der Waals surface area contributed by atoms with Gasteiger partial charge in [-0.05, 0) is 56.5 Å². The van der Waals surface area contributed by atoms with Crippen LogP contribution in [0.1, 0.15) is 31.4 Å². The molecule has 0 amide bonds. The Labute approximate surface area is 108 Å². The molecule has 0 saturated carbocycles. The van der Waals surface area contributed by atoms with E-state index < -0.39 is 0 Å². The molecular formula is C15H21FN2. The van der Waals surface area contributed by atoms with E-state index in [1.807, 2.05) is 6.07 Å². The Balaban J connectivity index is 1.66. The van der Waals surface area contributed by atoms with Gasteiger partial charge >= 0.3 is 0 Å². The fraction of sp³-hybridized carbons (Fsp3) is 0.600. The third-order valence-electron chi connectivity index (χ3n) is 4.47. The van der Waals surface area contributed by atoms with Gasteiger partial charge in [-0.15, -0.1) is 0 Å². The summed E-state index contributed by atoms with van der Waals surface area (Å²) in [5.74, 6) is 0.668. The molecule has 1 aromatic rings. The van der Waals surface area contributed by atoms with Crippen molar-refractivity contribution >= 4 is 0 Å². The molecule has 2 atom stereocenters. The normalized spacial score (nSPS) is 32.4. The van der Waals surface area contributed by atoms with E-state index in [9.17, 15) is 4.39 Å². The maximum absolute atomic E-state index is 13.2. The minimum Gasteiger partial charge on any atom is -0.306 e. The molecule has 3 heterocycles. The van der Waals surface area contributed by atoms with Crippen molar-refractivity contribution in [1.29, 1.82) is 0 Å². The van der Waals surface area contributed by atoms with Crippen LogP contribution >= 0.6 is 0 Å². The van der Waals surface area contributed by atoms with Crippen molar-refractivity contribution in [2.45, 2.75) is 31.8 Å². The molecular weight excluding hydrogens is 227 g/mol. The molecule has 4 rings (SSSR count). The average Bonchev–Trinajstić information content (AvgIpc) is 2.40. The predicted octanol–water partition coefficient (Wildman–Crippen LogP) is 2.57. The van der Waals surface area contributed by atoms with Crippen molar-refractivity contribution in [1.82, 2.24) is 10.2 Å². The van der Waals surface area contributed by atoms with Gasteiger partial charge in [-0.3, -0.25) is 0 Å². The summed E-state index contributed by atoms with van der Waals surface area (Å²) in [6, 6.07) is 7.74. The third kappa shape index (κ3) is 2.43. The SMILES string of the molecule is C[C@H](NC1CN2CCC1CC2)c1cccc(F)c1. The summed E-state index contributed by atoms with van der Waals surface area (Å²) < 4.78 is 13.2. The van der Waals surface area contributed by atoms with Crippen molar-refractivity contribution in [3.05, 3.63) is 35.6 Å². The molecule has 18 heavy (non-hydrogen) atoms. The molecule has 98 valence electrons. The minimum absolute atomic E-state index is 0.143. The lowest BCUT2D eigenvalue weighted by molar-refractivity contribution is 0.0680. The molecule has 3 aliphatic heterocycles. The lowest BCUT2D eigenvalue weighted by Gasteiger charge is -2.46. The third-order valence-corrected chi connectivity index (χ3v) is 4.47. The summed E-state index contributed by atoms with van der Waals surface area (Å²) in [5.41, 5.74) is 1.05. The van der Waals surface area contributed by atoms with E-state index in [1.54, 1.807) is 12.1 Å². The Bertz CT molecular complexity index is 413. The lowest BCUT2D eigenvalue weighted by Crippen LogP contribution is -2.56. The minimum atomic E-state index is -0.143. The van der Waals surface area contributed by atoms with Gasteiger partial charge in [-0.2, -0.15) is 0 Å². The second-order valence-corrected chi connectivity index (χ2v) is 5.69. The maximum atomic E-state index is 13.2. The van der Waals surface area contributed by atoms with Crippen molar-refractivity contribution in [2.24, 2.45) is 5.92 Å². The first-order chi connectivity index (χ1) is 8.72. The van der Waals surface area contributed by atoms with Crippen LogP contribution in [0.15, 0.2) is 24.3 Å². The van der Waals surface area contributed by atoms with Gasteiger partial charge in [0, 0.05) is 18.6 Å². The first kappa shape index (κ1) is 12.1. The van der Waals surface area contributed by atoms with E-state index in [0.29, 0.717) is 6.04 Å². The van der Waals surface area contributed by atoms with Crippen molar-refractivity contribution in [3.63, 3.8) is 0 Å². The average molecular weight is 248 g/mol. The Hall–Kier alpha value is -0.930. The van der Waals surface area contributed by atoms with E-state index in [0.717, 1.165) is 18.0 Å². The number of nitrogens with one attached hydrogen (secondary N) is 1. The number of benzene rings is 1. The standard InChI is InChI=1S/C15H21FN2/c1-11(13-3-2-4-14(16)9-13)17-15-10-18-7-5-12(15)6-8-18/h2-4,9,11-12,15,17H,5-8,10H2,1H3/t11-,15?/m0/s1. The van der Waals surface area contributed by atoms with Crippen molar-refractivity contribution < 1.29 is 4.39 Å². The first-order valence-corrected chi connectivity index (χ1v) is 6.96. The van der Waals surface area contributed by atoms with Crippen LogP contribution in [0.2, 0.25) is 0 Å². The van der Waals surface area contributed by atoms with Gasteiger partial charge in [0.2, 0.25) is 0 Å². The van der Waals surface area contributed by atoms with Crippen molar-refractivity contribution in [3.8, 4) is 0 Å². The Morgan fingerprint density at radius 3 is 2.72 bits per heavy atom. The molecule has 3 saturated heterocycles. The maximum Gasteiger partial charge on any atom is 0.123 e. The van der Waals surface area contributed by atoms with Gasteiger partial charge in [-0.1, -0.05) is 12.1 Å². The number of nitrogens with zero attached hydrogens (tertiary/aromatic N) is 1. The van der Waals surface area contributed by atoms with Gasteiger partial charge in [-0.25, -0.2) is 4.39 Å². The predicted molar refractivity (Wildman–Crippen MR) is 70.9 cm³/mol. The highest BCUT2D eigenvalue weighted by Gasteiger charge is 2.34. The number of hydrogen-bond donors (Lipinski definition) is 1. The molecule has 3 heteroatoms. The van der Waals surface area contributed by atoms with Gasteiger partial charge in [0.1, 0.15) is 5.82 Å². The molecule has 0 aromatic heterocycles. The smallest absolute Gasteiger partial charge is 0.123 e. The number of rotatable bonds is 3. The zero-order chi connectivity index (χ0) is 12.5. The molecule has 0 spiro atoms. The molecule has 1 unspecified atom stereocenters. The number of halogens is 1. The summed E-state index contributed by atoms with van der Waals surface area (Å²) in [4.78, 5) is 2.54. The van der Waals surface area contributed by atoms with Crippen molar-refractivity contribution in [2.75, 3.05) is 19.6 Å². The number of piperidine rings is 3. The van der Waals surface area contributed by atoms with Gasteiger partial charge in [0.05, 0.1) is 0 Å². The van der Waals surface area contributed by atoms with Crippen LogP contribution in [0.25, 0.3) is 0 Å². The highest BCUT2D eigenvalue weighted by atomic mass is 19.1. The highest BCUT2D eigenvalue weighted by Crippen LogP contribution is 2.29. The summed E-state index contributed by atoms with van der Waals surface area (Å²) in [6.45, 7) is 5.81. The van der Waals surface area contributed by atoms with E-state index >= 15 is 0 Å². The van der Waals surface area contributed by atoms with Gasteiger partial charge < -0.3 is 10.2 Å². The molecule has 3 aliphatic rings. The Morgan fingerprint density at radius 1 is 1.33 bits per heavy atom. The second kappa shape index (κ2) is 4.98. The van der Waals surface area contributed by atoms with Gasteiger partial charge in [0.25, 0.3) is 0 Å². The Morgan fingerprint density at radius 2 is 2.11 bits per heavy atom. The summed E-state index contributed by atoms with van der Waals surface area (Å²) >= 11 is 0. The zero-order valence-electron chi connectivity index (χ0n) is 10.9. The van der Waals surface area contributed by atoms with Crippen LogP contribution in [-0.2, 0) is 0 Å². The molecule has 1 aromatic carbocycles. The number of fused-ring (bicyclic) bond motifs is 3. The van der Waals surface area contributed by atoms with Crippen LogP contribution in [0, 0.1) is 11.7 Å². The molecule has 0 radical (unpaired) electrons. The molecule has 0 aliphatic carbocycles. The molecule has 2 bridgehead atoms. The van der Waals surface area contributed by atoms with E-state index in [2.05, 4.69) is 17.1 Å². The highest BCUT2D eigenvalue weighted by molar-refractivity contribution is 5.19. The van der Waals surface area contributed by atoms with Crippen LogP contribution in [0.5, 0.6) is 0 Å². The van der Waals surface area contributed by atoms with E-state index in [-0.39, 0.29) is 11.9 Å². The molecule has 3 fully saturated rings. The first-order valence-electron chi connectivity index (χ1n) is 6.96. The summed E-state index contributed by atoms with van der Waals surface area (Å²) in [7, 11) is 0. The zero-order valence-corrected chi connectivity index (χ0v) is 10.9. The van der Waals surface area contributed by atoms with E-state index in [4.69, 9.17) is 0 Å². The van der Waals surface area contributed by atoms with E-state index in [1.165, 1.54) is 32.0 Å². The Kier molecular flexibility index (Phi) is 3.35. The largest absolute Gasteiger partial charge is 0.306 e. The fourth-order valence-corrected chi connectivity index (χ4v) is 3.35. The summed E-state index contributed by atoms with van der Waals surface area (Å²) in [6.07, 6.45) is 2.63. The molecule has 1 N–H and O–H groups in total. The number of hydrogen-bond acceptors (Lipinski definition) is 2. The molecule has 2 nitrogen and oxygen atoms in total. The summed E-state index contributed by atoms with van der Waals surface area (Å²) in [5, 5.41) is 3.69. The van der Waals surface area contributed by atoms with Crippen LogP contribution < -0.4 is 5.32 Å². The van der Waals surface area contributed by atoms with Crippen LogP contribution in [-0.4, -0.2) is 30.6 Å². The lowest BCUT2D eigenvalue weighted by atomic mass is 9.83. The quantitative estimate of drug-likeness (QED) is 0.884. The second-order valence-electron chi connectivity index (χ2n) is 5.69. The fourth-order valence-electron chi connectivity index (χ4n) is 3.35. The topological polar surface area (TPSA) is 15.3 Å². The van der Waals surface area contributed by atoms with Gasteiger partial charge in [0.15, 0.2) is 0 Å². The van der Waals surface area contributed by atoms with Crippen LogP contribution in [0.4, 0.5) is 4.39 Å². The van der Waals surface area contributed by atoms with Crippen LogP contribution in [0.3, 0.4) is 0 Å². The monoisotopic (exact) mass is 248 g/mol.